The summed E-state index contributed by atoms with van der Waals surface area (Å²) in [5.41, 5.74) is 3.05. The van der Waals surface area contributed by atoms with E-state index in [4.69, 9.17) is 4.74 Å². The van der Waals surface area contributed by atoms with Gasteiger partial charge in [-0.05, 0) is 54.3 Å². The van der Waals surface area contributed by atoms with Crippen LogP contribution in [0.2, 0.25) is 0 Å². The Hall–Kier alpha value is -2.89. The van der Waals surface area contributed by atoms with Crippen molar-refractivity contribution in [3.05, 3.63) is 58.9 Å². The number of carbonyl (C=O) groups excluding carboxylic acids is 2. The van der Waals surface area contributed by atoms with Gasteiger partial charge in [-0.3, -0.25) is 9.59 Å². The van der Waals surface area contributed by atoms with E-state index in [1.54, 1.807) is 31.2 Å². The Bertz CT molecular complexity index is 820. The van der Waals surface area contributed by atoms with Crippen molar-refractivity contribution in [2.45, 2.75) is 26.3 Å². The number of halogens is 1. The van der Waals surface area contributed by atoms with Crippen LogP contribution in [0.25, 0.3) is 0 Å². The number of aryl methyl sites for hydroxylation is 2. The highest BCUT2D eigenvalue weighted by Gasteiger charge is 2.15. The van der Waals surface area contributed by atoms with Crippen molar-refractivity contribution < 1.29 is 18.7 Å². The number of fused-ring (bicyclic) bond motifs is 1. The van der Waals surface area contributed by atoms with E-state index in [0.717, 1.165) is 11.3 Å². The third-order valence-electron chi connectivity index (χ3n) is 4.07. The molecule has 130 valence electrons. The zero-order chi connectivity index (χ0) is 17.8. The number of carbonyl (C=O) groups is 2. The highest BCUT2D eigenvalue weighted by atomic mass is 19.1. The first-order valence-electron chi connectivity index (χ1n) is 8.08. The highest BCUT2D eigenvalue weighted by molar-refractivity contribution is 5.94. The van der Waals surface area contributed by atoms with Crippen LogP contribution in [0.5, 0.6) is 5.75 Å². The molecule has 0 atom stereocenters. The van der Waals surface area contributed by atoms with Crippen molar-refractivity contribution in [2.24, 2.45) is 0 Å². The summed E-state index contributed by atoms with van der Waals surface area (Å²) < 4.78 is 19.0. The van der Waals surface area contributed by atoms with Gasteiger partial charge in [0.2, 0.25) is 5.91 Å². The van der Waals surface area contributed by atoms with E-state index in [9.17, 15) is 14.0 Å². The lowest BCUT2D eigenvalue weighted by atomic mass is 10.0. The molecule has 2 aromatic carbocycles. The number of hydrogen-bond donors (Lipinski definition) is 2. The Morgan fingerprint density at radius 1 is 1.24 bits per heavy atom. The lowest BCUT2D eigenvalue weighted by molar-refractivity contribution is -0.123. The molecule has 2 aromatic rings. The summed E-state index contributed by atoms with van der Waals surface area (Å²) in [5, 5.41) is 5.49. The number of anilines is 1. The Kier molecular flexibility index (Phi) is 4.97. The van der Waals surface area contributed by atoms with E-state index >= 15 is 0 Å². The fraction of sp³-hybridized carbons (Fsp3) is 0.263. The fourth-order valence-corrected chi connectivity index (χ4v) is 2.60. The molecule has 0 spiro atoms. The van der Waals surface area contributed by atoms with Crippen molar-refractivity contribution in [3.63, 3.8) is 0 Å². The molecule has 0 aromatic heterocycles. The monoisotopic (exact) mass is 342 g/mol. The van der Waals surface area contributed by atoms with Crippen molar-refractivity contribution in [1.82, 2.24) is 5.32 Å². The number of benzene rings is 2. The smallest absolute Gasteiger partial charge is 0.258 e. The average Bonchev–Trinajstić information content (AvgIpc) is 2.61. The van der Waals surface area contributed by atoms with Gasteiger partial charge in [0, 0.05) is 18.7 Å². The Morgan fingerprint density at radius 3 is 2.88 bits per heavy atom. The molecule has 2 N–H and O–H groups in total. The summed E-state index contributed by atoms with van der Waals surface area (Å²) in [5.74, 6) is 0.00988. The van der Waals surface area contributed by atoms with Crippen molar-refractivity contribution in [2.75, 3.05) is 11.9 Å². The van der Waals surface area contributed by atoms with Crippen LogP contribution in [-0.2, 0) is 22.6 Å². The van der Waals surface area contributed by atoms with Crippen molar-refractivity contribution in [3.8, 4) is 5.75 Å². The normalized spacial score (nSPS) is 13.0. The van der Waals surface area contributed by atoms with Gasteiger partial charge in [0.15, 0.2) is 6.61 Å². The maximum absolute atomic E-state index is 13.5. The Labute approximate surface area is 145 Å². The lowest BCUT2D eigenvalue weighted by Gasteiger charge is -2.17. The predicted octanol–water partition coefficient (Wildman–Crippen LogP) is 2.71. The number of hydrogen-bond acceptors (Lipinski definition) is 3. The molecule has 2 amide bonds. The second-order valence-electron chi connectivity index (χ2n) is 6.02. The second kappa shape index (κ2) is 7.34. The van der Waals surface area contributed by atoms with Crippen LogP contribution in [0, 0.1) is 12.7 Å². The maximum Gasteiger partial charge on any atom is 0.258 e. The minimum absolute atomic E-state index is 0.00749. The first-order chi connectivity index (χ1) is 12.0. The molecule has 0 fully saturated rings. The number of amides is 2. The molecule has 3 rings (SSSR count). The van der Waals surface area contributed by atoms with Gasteiger partial charge in [-0.1, -0.05) is 12.1 Å². The summed E-state index contributed by atoms with van der Waals surface area (Å²) >= 11 is 0. The first-order valence-corrected chi connectivity index (χ1v) is 8.08. The van der Waals surface area contributed by atoms with Gasteiger partial charge in [-0.15, -0.1) is 0 Å². The SMILES string of the molecule is Cc1ccc(CNC(=O)COc2ccc3c(c2)CCC(=O)N3)cc1F. The van der Waals surface area contributed by atoms with E-state index < -0.39 is 0 Å². The van der Waals surface area contributed by atoms with Crippen LogP contribution < -0.4 is 15.4 Å². The van der Waals surface area contributed by atoms with Gasteiger partial charge < -0.3 is 15.4 Å². The van der Waals surface area contributed by atoms with Gasteiger partial charge in [0.1, 0.15) is 11.6 Å². The first kappa shape index (κ1) is 17.0. The van der Waals surface area contributed by atoms with Gasteiger partial charge >= 0.3 is 0 Å². The minimum Gasteiger partial charge on any atom is -0.484 e. The Morgan fingerprint density at radius 2 is 2.08 bits per heavy atom. The number of nitrogens with one attached hydrogen (secondary N) is 2. The lowest BCUT2D eigenvalue weighted by Crippen LogP contribution is -2.28. The summed E-state index contributed by atoms with van der Waals surface area (Å²) in [6.07, 6.45) is 1.10. The van der Waals surface area contributed by atoms with Gasteiger partial charge in [0.05, 0.1) is 0 Å². The predicted molar refractivity (Wildman–Crippen MR) is 91.9 cm³/mol. The molecule has 0 unspecified atom stereocenters. The fourth-order valence-electron chi connectivity index (χ4n) is 2.60. The van der Waals surface area contributed by atoms with Crippen molar-refractivity contribution in [1.29, 1.82) is 0 Å². The van der Waals surface area contributed by atoms with E-state index in [1.807, 2.05) is 6.07 Å². The van der Waals surface area contributed by atoms with Crippen LogP contribution in [0.3, 0.4) is 0 Å². The third kappa shape index (κ3) is 4.35. The Balaban J connectivity index is 1.50. The average molecular weight is 342 g/mol. The highest BCUT2D eigenvalue weighted by Crippen LogP contribution is 2.26. The number of ether oxygens (including phenoxy) is 1. The molecular weight excluding hydrogens is 323 g/mol. The summed E-state index contributed by atoms with van der Waals surface area (Å²) in [7, 11) is 0. The van der Waals surface area contributed by atoms with E-state index in [2.05, 4.69) is 10.6 Å². The van der Waals surface area contributed by atoms with Crippen LogP contribution in [0.1, 0.15) is 23.1 Å². The van der Waals surface area contributed by atoms with Crippen LogP contribution in [0.4, 0.5) is 10.1 Å². The summed E-state index contributed by atoms with van der Waals surface area (Å²) in [4.78, 5) is 23.2. The van der Waals surface area contributed by atoms with E-state index in [0.29, 0.717) is 29.7 Å². The minimum atomic E-state index is -0.288. The number of rotatable bonds is 5. The zero-order valence-corrected chi connectivity index (χ0v) is 13.9. The zero-order valence-electron chi connectivity index (χ0n) is 13.9. The summed E-state index contributed by atoms with van der Waals surface area (Å²) in [6, 6.07) is 10.2. The molecule has 0 aliphatic carbocycles. The second-order valence-corrected chi connectivity index (χ2v) is 6.02. The molecule has 1 aliphatic rings. The third-order valence-corrected chi connectivity index (χ3v) is 4.07. The molecular formula is C19H19FN2O3. The van der Waals surface area contributed by atoms with Crippen LogP contribution in [0.15, 0.2) is 36.4 Å². The molecule has 0 saturated heterocycles. The van der Waals surface area contributed by atoms with E-state index in [1.165, 1.54) is 6.07 Å². The van der Waals surface area contributed by atoms with Crippen LogP contribution in [-0.4, -0.2) is 18.4 Å². The topological polar surface area (TPSA) is 67.4 Å². The molecule has 1 heterocycles. The molecule has 0 saturated carbocycles. The molecule has 6 heteroatoms. The van der Waals surface area contributed by atoms with Crippen LogP contribution >= 0.6 is 0 Å². The van der Waals surface area contributed by atoms with Crippen molar-refractivity contribution >= 4 is 17.5 Å². The largest absolute Gasteiger partial charge is 0.484 e. The quantitative estimate of drug-likeness (QED) is 0.878. The van der Waals surface area contributed by atoms with Gasteiger partial charge in [-0.2, -0.15) is 0 Å². The standard InChI is InChI=1S/C19H19FN2O3/c1-12-2-3-13(8-16(12)20)10-21-19(24)11-25-15-5-6-17-14(9-15)4-7-18(23)22-17/h2-3,5-6,8-9H,4,7,10-11H2,1H3,(H,21,24)(H,22,23). The van der Waals surface area contributed by atoms with Gasteiger partial charge in [0.25, 0.3) is 5.91 Å². The molecule has 0 radical (unpaired) electrons. The maximum atomic E-state index is 13.5. The molecule has 0 bridgehead atoms. The van der Waals surface area contributed by atoms with Gasteiger partial charge in [-0.25, -0.2) is 4.39 Å². The molecule has 5 nitrogen and oxygen atoms in total. The molecule has 25 heavy (non-hydrogen) atoms. The van der Waals surface area contributed by atoms with E-state index in [-0.39, 0.29) is 30.8 Å². The molecule has 1 aliphatic heterocycles. The summed E-state index contributed by atoms with van der Waals surface area (Å²) in [6.45, 7) is 1.81.